The number of carbonyl (C=O) groups excluding carboxylic acids is 1. The molecule has 1 N–H and O–H groups in total. The Bertz CT molecular complexity index is 257. The number of rotatable bonds is 3. The summed E-state index contributed by atoms with van der Waals surface area (Å²) < 4.78 is 4.91. The molecule has 0 aliphatic carbocycles. The Kier molecular flexibility index (Phi) is 5.04. The highest BCUT2D eigenvalue weighted by molar-refractivity contribution is 5.69. The predicted octanol–water partition coefficient (Wildman–Crippen LogP) is 0.235. The van der Waals surface area contributed by atoms with Gasteiger partial charge in [-0.05, 0) is 13.3 Å². The van der Waals surface area contributed by atoms with Gasteiger partial charge in [-0.3, -0.25) is 9.69 Å². The molecule has 0 bridgehead atoms. The fraction of sp³-hybridized carbons (Fsp3) is 0.800. The van der Waals surface area contributed by atoms with Gasteiger partial charge < -0.3 is 14.7 Å². The molecule has 6 nitrogen and oxygen atoms in total. The highest BCUT2D eigenvalue weighted by Crippen LogP contribution is 2.04. The lowest BCUT2D eigenvalue weighted by molar-refractivity contribution is -0.138. The lowest BCUT2D eigenvalue weighted by atomic mass is 10.4. The zero-order valence-electron chi connectivity index (χ0n) is 9.52. The van der Waals surface area contributed by atoms with Crippen molar-refractivity contribution in [3.8, 4) is 0 Å². The van der Waals surface area contributed by atoms with Gasteiger partial charge in [0.2, 0.25) is 0 Å². The minimum atomic E-state index is -0.829. The van der Waals surface area contributed by atoms with Gasteiger partial charge in [-0.15, -0.1) is 0 Å². The van der Waals surface area contributed by atoms with Crippen LogP contribution in [0.4, 0.5) is 4.79 Å². The first-order chi connectivity index (χ1) is 7.63. The smallest absolute Gasteiger partial charge is 0.409 e. The average Bonchev–Trinajstić information content (AvgIpc) is 2.43. The van der Waals surface area contributed by atoms with Crippen LogP contribution >= 0.6 is 0 Å². The van der Waals surface area contributed by atoms with Crippen molar-refractivity contribution < 1.29 is 19.4 Å². The largest absolute Gasteiger partial charge is 0.480 e. The maximum Gasteiger partial charge on any atom is 0.409 e. The molecule has 1 fully saturated rings. The van der Waals surface area contributed by atoms with E-state index < -0.39 is 5.97 Å². The molecular weight excluding hydrogens is 212 g/mol. The fourth-order valence-electron chi connectivity index (χ4n) is 1.72. The Morgan fingerprint density at radius 3 is 2.62 bits per heavy atom. The first-order valence-corrected chi connectivity index (χ1v) is 5.49. The second-order valence-corrected chi connectivity index (χ2v) is 3.71. The molecule has 92 valence electrons. The van der Waals surface area contributed by atoms with Crippen LogP contribution in [-0.2, 0) is 9.53 Å². The van der Waals surface area contributed by atoms with E-state index in [4.69, 9.17) is 9.84 Å². The highest BCUT2D eigenvalue weighted by Gasteiger charge is 2.20. The van der Waals surface area contributed by atoms with E-state index in [-0.39, 0.29) is 12.6 Å². The third-order valence-electron chi connectivity index (χ3n) is 2.47. The predicted molar refractivity (Wildman–Crippen MR) is 57.3 cm³/mol. The molecule has 6 heteroatoms. The molecule has 1 aliphatic heterocycles. The Balaban J connectivity index is 2.39. The topological polar surface area (TPSA) is 70.1 Å². The lowest BCUT2D eigenvalue weighted by Crippen LogP contribution is -2.36. The third-order valence-corrected chi connectivity index (χ3v) is 2.47. The molecular formula is C10H18N2O4. The minimum Gasteiger partial charge on any atom is -0.480 e. The van der Waals surface area contributed by atoms with Gasteiger partial charge in [0.25, 0.3) is 0 Å². The first-order valence-electron chi connectivity index (χ1n) is 5.49. The van der Waals surface area contributed by atoms with Gasteiger partial charge in [0.1, 0.15) is 0 Å². The molecule has 0 atom stereocenters. The number of carbonyl (C=O) groups is 2. The van der Waals surface area contributed by atoms with Crippen LogP contribution in [0.25, 0.3) is 0 Å². The number of aliphatic carboxylic acids is 1. The molecule has 1 aliphatic rings. The van der Waals surface area contributed by atoms with Crippen LogP contribution in [0.2, 0.25) is 0 Å². The van der Waals surface area contributed by atoms with Crippen LogP contribution in [0.3, 0.4) is 0 Å². The number of hydrogen-bond donors (Lipinski definition) is 1. The van der Waals surface area contributed by atoms with Gasteiger partial charge in [0.05, 0.1) is 13.2 Å². The highest BCUT2D eigenvalue weighted by atomic mass is 16.6. The van der Waals surface area contributed by atoms with Gasteiger partial charge in [0, 0.05) is 26.2 Å². The van der Waals surface area contributed by atoms with Crippen molar-refractivity contribution in [2.75, 3.05) is 39.3 Å². The molecule has 0 unspecified atom stereocenters. The van der Waals surface area contributed by atoms with Crippen molar-refractivity contribution in [3.63, 3.8) is 0 Å². The number of ether oxygens (including phenoxy) is 1. The summed E-state index contributed by atoms with van der Waals surface area (Å²) in [7, 11) is 0. The van der Waals surface area contributed by atoms with Gasteiger partial charge in [-0.1, -0.05) is 0 Å². The number of carboxylic acid groups (broad SMARTS) is 1. The van der Waals surface area contributed by atoms with E-state index in [1.807, 2.05) is 4.90 Å². The minimum absolute atomic E-state index is 0.0384. The molecule has 1 rings (SSSR count). The number of hydrogen-bond acceptors (Lipinski definition) is 4. The van der Waals surface area contributed by atoms with E-state index in [0.717, 1.165) is 6.42 Å². The molecule has 1 amide bonds. The molecule has 0 radical (unpaired) electrons. The summed E-state index contributed by atoms with van der Waals surface area (Å²) in [6, 6.07) is 0. The van der Waals surface area contributed by atoms with E-state index in [1.54, 1.807) is 11.8 Å². The monoisotopic (exact) mass is 230 g/mol. The summed E-state index contributed by atoms with van der Waals surface area (Å²) in [5.74, 6) is -0.829. The van der Waals surface area contributed by atoms with Crippen LogP contribution < -0.4 is 0 Å². The summed E-state index contributed by atoms with van der Waals surface area (Å²) >= 11 is 0. The van der Waals surface area contributed by atoms with Crippen molar-refractivity contribution in [2.24, 2.45) is 0 Å². The molecule has 1 saturated heterocycles. The number of nitrogens with zero attached hydrogens (tertiary/aromatic N) is 2. The summed E-state index contributed by atoms with van der Waals surface area (Å²) in [6.07, 6.45) is 0.478. The van der Waals surface area contributed by atoms with Crippen LogP contribution in [-0.4, -0.2) is 66.3 Å². The Labute approximate surface area is 94.8 Å². The van der Waals surface area contributed by atoms with E-state index in [9.17, 15) is 9.59 Å². The van der Waals surface area contributed by atoms with Gasteiger partial charge in [0.15, 0.2) is 0 Å². The van der Waals surface area contributed by atoms with Crippen LogP contribution in [0.1, 0.15) is 13.3 Å². The van der Waals surface area contributed by atoms with E-state index in [0.29, 0.717) is 32.8 Å². The van der Waals surface area contributed by atoms with Crippen LogP contribution in [0.15, 0.2) is 0 Å². The van der Waals surface area contributed by atoms with Crippen molar-refractivity contribution in [2.45, 2.75) is 13.3 Å². The Morgan fingerprint density at radius 1 is 1.25 bits per heavy atom. The zero-order chi connectivity index (χ0) is 12.0. The fourth-order valence-corrected chi connectivity index (χ4v) is 1.72. The van der Waals surface area contributed by atoms with Crippen molar-refractivity contribution >= 4 is 12.1 Å². The maximum absolute atomic E-state index is 11.4. The normalized spacial score (nSPS) is 17.9. The van der Waals surface area contributed by atoms with E-state index in [1.165, 1.54) is 0 Å². The van der Waals surface area contributed by atoms with Crippen molar-refractivity contribution in [1.82, 2.24) is 9.80 Å². The van der Waals surface area contributed by atoms with Gasteiger partial charge in [-0.25, -0.2) is 4.79 Å². The van der Waals surface area contributed by atoms with E-state index >= 15 is 0 Å². The summed E-state index contributed by atoms with van der Waals surface area (Å²) in [4.78, 5) is 25.5. The lowest BCUT2D eigenvalue weighted by Gasteiger charge is -2.20. The second kappa shape index (κ2) is 6.32. The van der Waals surface area contributed by atoms with Gasteiger partial charge in [-0.2, -0.15) is 0 Å². The standard InChI is InChI=1S/C10H18N2O4/c1-2-16-10(15)12-5-3-4-11(6-7-12)8-9(13)14/h2-8H2,1H3,(H,13,14). The number of amides is 1. The van der Waals surface area contributed by atoms with Crippen molar-refractivity contribution in [3.05, 3.63) is 0 Å². The molecule has 16 heavy (non-hydrogen) atoms. The Hall–Kier alpha value is -1.30. The van der Waals surface area contributed by atoms with Crippen LogP contribution in [0.5, 0.6) is 0 Å². The molecule has 1 heterocycles. The summed E-state index contributed by atoms with van der Waals surface area (Å²) in [5, 5.41) is 8.67. The zero-order valence-corrected chi connectivity index (χ0v) is 9.52. The summed E-state index contributed by atoms with van der Waals surface area (Å²) in [5.41, 5.74) is 0. The molecule has 0 aromatic carbocycles. The molecule has 0 spiro atoms. The molecule has 0 aromatic heterocycles. The Morgan fingerprint density at radius 2 is 2.00 bits per heavy atom. The maximum atomic E-state index is 11.4. The summed E-state index contributed by atoms with van der Waals surface area (Å²) in [6.45, 7) is 4.64. The van der Waals surface area contributed by atoms with Crippen molar-refractivity contribution in [1.29, 1.82) is 0 Å². The number of carboxylic acids is 1. The average molecular weight is 230 g/mol. The van der Waals surface area contributed by atoms with E-state index in [2.05, 4.69) is 0 Å². The SMILES string of the molecule is CCOC(=O)N1CCCN(CC(=O)O)CC1. The van der Waals surface area contributed by atoms with Crippen LogP contribution in [0, 0.1) is 0 Å². The molecule has 0 saturated carbocycles. The quantitative estimate of drug-likeness (QED) is 0.751. The van der Waals surface area contributed by atoms with Gasteiger partial charge >= 0.3 is 12.1 Å². The third kappa shape index (κ3) is 4.06. The second-order valence-electron chi connectivity index (χ2n) is 3.71. The molecule has 0 aromatic rings. The first kappa shape index (κ1) is 12.8.